The molecule has 5 heteroatoms. The van der Waals surface area contributed by atoms with Gasteiger partial charge in [0.15, 0.2) is 0 Å². The second kappa shape index (κ2) is 4.31. The monoisotopic (exact) mass is 299 g/mol. The second-order valence-electron chi connectivity index (χ2n) is 4.02. The molecular formula is C11H14BrN3S. The maximum absolute atomic E-state index is 6.13. The van der Waals surface area contributed by atoms with Crippen LogP contribution in [0, 0.1) is 0 Å². The first-order valence-corrected chi connectivity index (χ1v) is 6.74. The minimum atomic E-state index is -0.382. The molecular weight excluding hydrogens is 286 g/mol. The van der Waals surface area contributed by atoms with E-state index in [4.69, 9.17) is 5.73 Å². The molecule has 16 heavy (non-hydrogen) atoms. The fourth-order valence-corrected chi connectivity index (χ4v) is 2.71. The predicted octanol–water partition coefficient (Wildman–Crippen LogP) is 3.48. The third-order valence-electron chi connectivity index (χ3n) is 2.69. The first kappa shape index (κ1) is 11.8. The Balaban J connectivity index is 2.33. The molecule has 0 aromatic carbocycles. The Bertz CT molecular complexity index is 487. The van der Waals surface area contributed by atoms with Gasteiger partial charge < -0.3 is 10.7 Å². The second-order valence-corrected chi connectivity index (χ2v) is 6.48. The summed E-state index contributed by atoms with van der Waals surface area (Å²) in [6.45, 7) is 4.05. The van der Waals surface area contributed by atoms with Gasteiger partial charge in [0.25, 0.3) is 0 Å². The highest BCUT2D eigenvalue weighted by atomic mass is 79.9. The Morgan fingerprint density at radius 1 is 1.56 bits per heavy atom. The summed E-state index contributed by atoms with van der Waals surface area (Å²) in [6.07, 6.45) is 2.70. The van der Waals surface area contributed by atoms with Crippen molar-refractivity contribution < 1.29 is 0 Å². The molecule has 1 atom stereocenters. The van der Waals surface area contributed by atoms with Crippen molar-refractivity contribution in [3.63, 3.8) is 0 Å². The molecule has 0 saturated carbocycles. The largest absolute Gasteiger partial charge is 0.340 e. The molecule has 2 aromatic rings. The zero-order chi connectivity index (χ0) is 11.8. The summed E-state index contributed by atoms with van der Waals surface area (Å²) in [6, 6.07) is 4.09. The number of thiophene rings is 1. The number of hydrogen-bond donors (Lipinski definition) is 2. The van der Waals surface area contributed by atoms with Crippen LogP contribution in [0.2, 0.25) is 0 Å². The van der Waals surface area contributed by atoms with E-state index in [-0.39, 0.29) is 5.54 Å². The Labute approximate surface area is 107 Å². The van der Waals surface area contributed by atoms with E-state index in [1.165, 1.54) is 0 Å². The number of H-pyrrole nitrogens is 1. The number of nitrogens with one attached hydrogen (secondary N) is 1. The molecule has 0 spiro atoms. The molecule has 0 aliphatic rings. The highest BCUT2D eigenvalue weighted by Gasteiger charge is 2.22. The van der Waals surface area contributed by atoms with E-state index in [9.17, 15) is 0 Å². The quantitative estimate of drug-likeness (QED) is 0.911. The maximum Gasteiger partial charge on any atom is 0.126 e. The van der Waals surface area contributed by atoms with Gasteiger partial charge in [0.2, 0.25) is 0 Å². The van der Waals surface area contributed by atoms with Crippen molar-refractivity contribution in [2.75, 3.05) is 0 Å². The summed E-state index contributed by atoms with van der Waals surface area (Å²) in [5, 5.41) is 0. The van der Waals surface area contributed by atoms with Crippen molar-refractivity contribution in [3.05, 3.63) is 27.9 Å². The molecule has 0 aliphatic carbocycles. The van der Waals surface area contributed by atoms with Crippen LogP contribution in [0.15, 0.2) is 22.1 Å². The van der Waals surface area contributed by atoms with E-state index in [1.807, 2.05) is 19.2 Å². The third kappa shape index (κ3) is 2.21. The van der Waals surface area contributed by atoms with Gasteiger partial charge in [-0.3, -0.25) is 0 Å². The van der Waals surface area contributed by atoms with Gasteiger partial charge >= 0.3 is 0 Å². The minimum absolute atomic E-state index is 0.382. The van der Waals surface area contributed by atoms with Gasteiger partial charge in [0, 0.05) is 0 Å². The molecule has 3 N–H and O–H groups in total. The molecule has 2 aromatic heterocycles. The van der Waals surface area contributed by atoms with E-state index >= 15 is 0 Å². The molecule has 0 aliphatic heterocycles. The fourth-order valence-electron chi connectivity index (χ4n) is 1.36. The van der Waals surface area contributed by atoms with E-state index < -0.39 is 0 Å². The minimum Gasteiger partial charge on any atom is -0.340 e. The van der Waals surface area contributed by atoms with Gasteiger partial charge in [-0.2, -0.15) is 0 Å². The SMILES string of the molecule is CCC(C)(N)c1ncc(-c2ccc(Br)s2)[nH]1. The first-order chi connectivity index (χ1) is 7.53. The highest BCUT2D eigenvalue weighted by molar-refractivity contribution is 9.11. The summed E-state index contributed by atoms with van der Waals surface area (Å²) in [5.74, 6) is 0.842. The molecule has 0 radical (unpaired) electrons. The van der Waals surface area contributed by atoms with Gasteiger partial charge in [-0.15, -0.1) is 11.3 Å². The number of nitrogens with zero attached hydrogens (tertiary/aromatic N) is 1. The summed E-state index contributed by atoms with van der Waals surface area (Å²) in [7, 11) is 0. The molecule has 0 fully saturated rings. The summed E-state index contributed by atoms with van der Waals surface area (Å²) in [5.41, 5.74) is 6.78. The molecule has 0 amide bonds. The zero-order valence-electron chi connectivity index (χ0n) is 9.25. The fraction of sp³-hybridized carbons (Fsp3) is 0.364. The number of rotatable bonds is 3. The van der Waals surface area contributed by atoms with Crippen LogP contribution in [0.4, 0.5) is 0 Å². The lowest BCUT2D eigenvalue weighted by Gasteiger charge is -2.19. The van der Waals surface area contributed by atoms with Crippen LogP contribution < -0.4 is 5.73 Å². The number of imidazole rings is 1. The average molecular weight is 300 g/mol. The van der Waals surface area contributed by atoms with Crippen LogP contribution in [-0.4, -0.2) is 9.97 Å². The Hall–Kier alpha value is -0.650. The highest BCUT2D eigenvalue weighted by Crippen LogP contribution is 2.31. The Kier molecular flexibility index (Phi) is 3.19. The maximum atomic E-state index is 6.13. The van der Waals surface area contributed by atoms with Crippen molar-refractivity contribution in [3.8, 4) is 10.6 Å². The van der Waals surface area contributed by atoms with Crippen molar-refractivity contribution >= 4 is 27.3 Å². The van der Waals surface area contributed by atoms with E-state index in [0.29, 0.717) is 0 Å². The number of hydrogen-bond acceptors (Lipinski definition) is 3. The smallest absolute Gasteiger partial charge is 0.126 e. The number of halogens is 1. The Morgan fingerprint density at radius 3 is 2.88 bits per heavy atom. The molecule has 2 heterocycles. The normalized spacial score (nSPS) is 15.0. The van der Waals surface area contributed by atoms with Crippen LogP contribution in [0.3, 0.4) is 0 Å². The number of nitrogens with two attached hydrogens (primary N) is 1. The number of aromatic nitrogens is 2. The van der Waals surface area contributed by atoms with E-state index in [0.717, 1.165) is 26.6 Å². The average Bonchev–Trinajstić information content (AvgIpc) is 2.85. The summed E-state index contributed by atoms with van der Waals surface area (Å²) < 4.78 is 1.12. The summed E-state index contributed by atoms with van der Waals surface area (Å²) in [4.78, 5) is 8.81. The van der Waals surface area contributed by atoms with Gasteiger partial charge in [-0.25, -0.2) is 4.98 Å². The molecule has 3 nitrogen and oxygen atoms in total. The topological polar surface area (TPSA) is 54.7 Å². The molecule has 0 bridgehead atoms. The van der Waals surface area contributed by atoms with Crippen LogP contribution >= 0.6 is 27.3 Å². The van der Waals surface area contributed by atoms with Crippen molar-refractivity contribution in [1.29, 1.82) is 0 Å². The van der Waals surface area contributed by atoms with E-state index in [1.54, 1.807) is 11.3 Å². The third-order valence-corrected chi connectivity index (χ3v) is 4.35. The van der Waals surface area contributed by atoms with Crippen LogP contribution in [0.5, 0.6) is 0 Å². The lowest BCUT2D eigenvalue weighted by molar-refractivity contribution is 0.450. The number of aromatic amines is 1. The lowest BCUT2D eigenvalue weighted by atomic mass is 10.0. The van der Waals surface area contributed by atoms with Crippen LogP contribution in [0.25, 0.3) is 10.6 Å². The van der Waals surface area contributed by atoms with E-state index in [2.05, 4.69) is 38.9 Å². The standard InChI is InChI=1S/C11H14BrN3S/c1-3-11(2,13)10-14-6-7(15-10)8-4-5-9(12)16-8/h4-6H,3,13H2,1-2H3,(H,14,15). The first-order valence-electron chi connectivity index (χ1n) is 5.13. The van der Waals surface area contributed by atoms with Crippen molar-refractivity contribution in [1.82, 2.24) is 9.97 Å². The lowest BCUT2D eigenvalue weighted by Crippen LogP contribution is -2.33. The van der Waals surface area contributed by atoms with Gasteiger partial charge in [0.1, 0.15) is 5.82 Å². The van der Waals surface area contributed by atoms with Crippen molar-refractivity contribution in [2.45, 2.75) is 25.8 Å². The summed E-state index contributed by atoms with van der Waals surface area (Å²) >= 11 is 5.13. The van der Waals surface area contributed by atoms with Gasteiger partial charge in [0.05, 0.1) is 26.1 Å². The van der Waals surface area contributed by atoms with Gasteiger partial charge in [-0.1, -0.05) is 6.92 Å². The molecule has 0 saturated heterocycles. The zero-order valence-corrected chi connectivity index (χ0v) is 11.7. The molecule has 2 rings (SSSR count). The van der Waals surface area contributed by atoms with Crippen LogP contribution in [-0.2, 0) is 5.54 Å². The molecule has 1 unspecified atom stereocenters. The Morgan fingerprint density at radius 2 is 2.31 bits per heavy atom. The van der Waals surface area contributed by atoms with Crippen LogP contribution in [0.1, 0.15) is 26.1 Å². The van der Waals surface area contributed by atoms with Crippen molar-refractivity contribution in [2.24, 2.45) is 5.73 Å². The van der Waals surface area contributed by atoms with Gasteiger partial charge in [-0.05, 0) is 41.4 Å². The predicted molar refractivity (Wildman–Crippen MR) is 71.4 cm³/mol. The molecule has 86 valence electrons.